The van der Waals surface area contributed by atoms with Crippen molar-refractivity contribution in [3.63, 3.8) is 0 Å². The van der Waals surface area contributed by atoms with E-state index in [0.29, 0.717) is 6.54 Å². The number of hydrogen-bond acceptors (Lipinski definition) is 5. The van der Waals surface area contributed by atoms with Crippen molar-refractivity contribution in [3.05, 3.63) is 35.9 Å². The molecule has 5 heteroatoms. The predicted molar refractivity (Wildman–Crippen MR) is 60.9 cm³/mol. The molecule has 0 fully saturated rings. The normalized spacial score (nSPS) is 11.6. The molecule has 0 aliphatic rings. The van der Waals surface area contributed by atoms with Crippen LogP contribution in [0, 0.1) is 0 Å². The lowest BCUT2D eigenvalue weighted by atomic mass is 10.2. The predicted octanol–water partition coefficient (Wildman–Crippen LogP) is 0.838. The zero-order valence-corrected chi connectivity index (χ0v) is 9.80. The number of rotatable bonds is 5. The lowest BCUT2D eigenvalue weighted by molar-refractivity contribution is -0.167. The maximum absolute atomic E-state index is 11.3. The summed E-state index contributed by atoms with van der Waals surface area (Å²) in [6, 6.07) is 9.46. The molecule has 1 N–H and O–H groups in total. The summed E-state index contributed by atoms with van der Waals surface area (Å²) in [6.07, 6.45) is -1.07. The van der Waals surface area contributed by atoms with Gasteiger partial charge in [-0.3, -0.25) is 10.1 Å². The Kier molecular flexibility index (Phi) is 5.16. The van der Waals surface area contributed by atoms with Crippen molar-refractivity contribution in [1.82, 2.24) is 5.32 Å². The van der Waals surface area contributed by atoms with Gasteiger partial charge in [0.25, 0.3) is 6.23 Å². The number of carbonyl (C=O) groups excluding carboxylic acids is 2. The van der Waals surface area contributed by atoms with Crippen LogP contribution in [-0.4, -0.2) is 25.3 Å². The Morgan fingerprint density at radius 2 is 1.94 bits per heavy atom. The Labute approximate surface area is 99.7 Å². The monoisotopic (exact) mass is 237 g/mol. The lowest BCUT2D eigenvalue weighted by Gasteiger charge is -2.15. The second-order valence-electron chi connectivity index (χ2n) is 3.38. The van der Waals surface area contributed by atoms with Gasteiger partial charge in [-0.25, -0.2) is 4.79 Å². The maximum Gasteiger partial charge on any atom is 0.362 e. The molecule has 0 saturated carbocycles. The topological polar surface area (TPSA) is 64.6 Å². The Bertz CT molecular complexity index is 377. The number of ether oxygens (including phenoxy) is 2. The van der Waals surface area contributed by atoms with E-state index in [0.717, 1.165) is 5.56 Å². The standard InChI is InChI=1S/C12H15NO4/c1-9(14)17-11(12(15)16-2)13-8-10-6-4-3-5-7-10/h3-7,11,13H,8H2,1-2H3. The van der Waals surface area contributed by atoms with E-state index in [1.54, 1.807) is 0 Å². The molecule has 1 atom stereocenters. The Balaban J connectivity index is 2.55. The number of esters is 2. The first-order valence-electron chi connectivity index (χ1n) is 5.16. The third kappa shape index (κ3) is 4.65. The molecule has 5 nitrogen and oxygen atoms in total. The molecule has 1 aromatic rings. The second-order valence-corrected chi connectivity index (χ2v) is 3.38. The third-order valence-electron chi connectivity index (χ3n) is 2.03. The minimum absolute atomic E-state index is 0.411. The van der Waals surface area contributed by atoms with Crippen LogP contribution in [0.3, 0.4) is 0 Å². The summed E-state index contributed by atoms with van der Waals surface area (Å²) in [4.78, 5) is 22.1. The summed E-state index contributed by atoms with van der Waals surface area (Å²) in [6.45, 7) is 1.65. The van der Waals surface area contributed by atoms with Crippen molar-refractivity contribution in [3.8, 4) is 0 Å². The highest BCUT2D eigenvalue weighted by molar-refractivity contribution is 5.78. The fourth-order valence-corrected chi connectivity index (χ4v) is 1.25. The summed E-state index contributed by atoms with van der Waals surface area (Å²) in [5, 5.41) is 2.80. The van der Waals surface area contributed by atoms with Gasteiger partial charge in [0, 0.05) is 13.5 Å². The van der Waals surface area contributed by atoms with Gasteiger partial charge >= 0.3 is 11.9 Å². The van der Waals surface area contributed by atoms with Crippen LogP contribution in [0.4, 0.5) is 0 Å². The van der Waals surface area contributed by atoms with Crippen LogP contribution in [0.25, 0.3) is 0 Å². The van der Waals surface area contributed by atoms with E-state index in [1.807, 2.05) is 30.3 Å². The van der Waals surface area contributed by atoms with Crippen LogP contribution in [0.1, 0.15) is 12.5 Å². The average molecular weight is 237 g/mol. The van der Waals surface area contributed by atoms with Gasteiger partial charge in [0.1, 0.15) is 0 Å². The molecule has 1 unspecified atom stereocenters. The zero-order chi connectivity index (χ0) is 12.7. The third-order valence-corrected chi connectivity index (χ3v) is 2.03. The summed E-state index contributed by atoms with van der Waals surface area (Å²) >= 11 is 0. The van der Waals surface area contributed by atoms with E-state index in [-0.39, 0.29) is 0 Å². The van der Waals surface area contributed by atoms with E-state index in [1.165, 1.54) is 14.0 Å². The van der Waals surface area contributed by atoms with E-state index in [2.05, 4.69) is 10.1 Å². The first kappa shape index (κ1) is 13.2. The molecule has 0 aliphatic heterocycles. The summed E-state index contributed by atoms with van der Waals surface area (Å²) in [5.41, 5.74) is 0.980. The SMILES string of the molecule is COC(=O)C(NCc1ccccc1)OC(C)=O. The summed E-state index contributed by atoms with van der Waals surface area (Å²) in [7, 11) is 1.24. The van der Waals surface area contributed by atoms with Gasteiger partial charge in [0.15, 0.2) is 0 Å². The molecular formula is C12H15NO4. The van der Waals surface area contributed by atoms with Crippen LogP contribution in [0.15, 0.2) is 30.3 Å². The molecule has 0 amide bonds. The van der Waals surface area contributed by atoms with E-state index < -0.39 is 18.2 Å². The molecule has 1 aromatic carbocycles. The van der Waals surface area contributed by atoms with E-state index in [9.17, 15) is 9.59 Å². The highest BCUT2D eigenvalue weighted by Gasteiger charge is 2.21. The van der Waals surface area contributed by atoms with Gasteiger partial charge in [-0.2, -0.15) is 0 Å². The van der Waals surface area contributed by atoms with Gasteiger partial charge in [-0.1, -0.05) is 30.3 Å². The Morgan fingerprint density at radius 3 is 2.47 bits per heavy atom. The van der Waals surface area contributed by atoms with Crippen molar-refractivity contribution in [1.29, 1.82) is 0 Å². The first-order chi connectivity index (χ1) is 8.13. The molecular weight excluding hydrogens is 222 g/mol. The molecule has 0 heterocycles. The van der Waals surface area contributed by atoms with Crippen molar-refractivity contribution in [2.75, 3.05) is 7.11 Å². The maximum atomic E-state index is 11.3. The molecule has 17 heavy (non-hydrogen) atoms. The van der Waals surface area contributed by atoms with Crippen LogP contribution in [-0.2, 0) is 25.6 Å². The van der Waals surface area contributed by atoms with Crippen molar-refractivity contribution in [2.24, 2.45) is 0 Å². The first-order valence-corrected chi connectivity index (χ1v) is 5.16. The molecule has 0 spiro atoms. The van der Waals surface area contributed by atoms with Crippen molar-refractivity contribution < 1.29 is 19.1 Å². The highest BCUT2D eigenvalue weighted by atomic mass is 16.6. The largest absolute Gasteiger partial charge is 0.465 e. The van der Waals surface area contributed by atoms with Gasteiger partial charge in [0.05, 0.1) is 7.11 Å². The fraction of sp³-hybridized carbons (Fsp3) is 0.333. The Hall–Kier alpha value is -1.88. The van der Waals surface area contributed by atoms with E-state index in [4.69, 9.17) is 4.74 Å². The summed E-state index contributed by atoms with van der Waals surface area (Å²) in [5.74, 6) is -1.17. The van der Waals surface area contributed by atoms with Crippen LogP contribution >= 0.6 is 0 Å². The van der Waals surface area contributed by atoms with Gasteiger partial charge in [-0.05, 0) is 5.56 Å². The number of benzene rings is 1. The molecule has 1 rings (SSSR count). The molecule has 92 valence electrons. The quantitative estimate of drug-likeness (QED) is 0.607. The molecule has 0 aromatic heterocycles. The minimum Gasteiger partial charge on any atom is -0.465 e. The number of methoxy groups -OCH3 is 1. The molecule has 0 saturated heterocycles. The minimum atomic E-state index is -1.07. The zero-order valence-electron chi connectivity index (χ0n) is 9.80. The molecule has 0 radical (unpaired) electrons. The van der Waals surface area contributed by atoms with Gasteiger partial charge in [0.2, 0.25) is 0 Å². The van der Waals surface area contributed by atoms with Crippen molar-refractivity contribution >= 4 is 11.9 Å². The van der Waals surface area contributed by atoms with Crippen LogP contribution < -0.4 is 5.32 Å². The number of hydrogen-bond donors (Lipinski definition) is 1. The lowest BCUT2D eigenvalue weighted by Crippen LogP contribution is -2.40. The Morgan fingerprint density at radius 1 is 1.29 bits per heavy atom. The van der Waals surface area contributed by atoms with Gasteiger partial charge < -0.3 is 9.47 Å². The van der Waals surface area contributed by atoms with E-state index >= 15 is 0 Å². The summed E-state index contributed by atoms with van der Waals surface area (Å²) < 4.78 is 9.32. The van der Waals surface area contributed by atoms with Gasteiger partial charge in [-0.15, -0.1) is 0 Å². The average Bonchev–Trinajstić information content (AvgIpc) is 2.34. The number of nitrogens with one attached hydrogen (secondary N) is 1. The highest BCUT2D eigenvalue weighted by Crippen LogP contribution is 2.00. The van der Waals surface area contributed by atoms with Crippen LogP contribution in [0.2, 0.25) is 0 Å². The fourth-order valence-electron chi connectivity index (χ4n) is 1.25. The number of carbonyl (C=O) groups is 2. The smallest absolute Gasteiger partial charge is 0.362 e. The second kappa shape index (κ2) is 6.65. The molecule has 0 aliphatic carbocycles. The van der Waals surface area contributed by atoms with Crippen LogP contribution in [0.5, 0.6) is 0 Å². The van der Waals surface area contributed by atoms with Crippen molar-refractivity contribution in [2.45, 2.75) is 19.7 Å². The molecule has 0 bridgehead atoms.